The fourth-order valence-corrected chi connectivity index (χ4v) is 3.09. The molecule has 0 unspecified atom stereocenters. The summed E-state index contributed by atoms with van der Waals surface area (Å²) in [6, 6.07) is 5.80. The zero-order valence-corrected chi connectivity index (χ0v) is 13.3. The van der Waals surface area contributed by atoms with Gasteiger partial charge in [0.05, 0.1) is 4.90 Å². The van der Waals surface area contributed by atoms with Crippen LogP contribution >= 0.6 is 0 Å². The minimum Gasteiger partial charge on any atom is -0.339 e. The predicted molar refractivity (Wildman–Crippen MR) is 81.4 cm³/mol. The smallest absolute Gasteiger partial charge is 0.253 e. The van der Waals surface area contributed by atoms with Gasteiger partial charge in [-0.05, 0) is 42.5 Å². The zero-order valence-electron chi connectivity index (χ0n) is 12.5. The summed E-state index contributed by atoms with van der Waals surface area (Å²) in [7, 11) is -3.71. The summed E-state index contributed by atoms with van der Waals surface area (Å²) in [6.45, 7) is 5.94. The van der Waals surface area contributed by atoms with Crippen molar-refractivity contribution in [3.8, 4) is 0 Å². The van der Waals surface area contributed by atoms with Gasteiger partial charge in [0.1, 0.15) is 0 Å². The van der Waals surface area contributed by atoms with Crippen LogP contribution in [0.4, 0.5) is 0 Å². The molecule has 1 aliphatic rings. The minimum absolute atomic E-state index is 0.0243. The predicted octanol–water partition coefficient (Wildman–Crippen LogP) is 1.99. The third-order valence-corrected chi connectivity index (χ3v) is 5.47. The van der Waals surface area contributed by atoms with Gasteiger partial charge in [-0.2, -0.15) is 0 Å². The van der Waals surface area contributed by atoms with Crippen LogP contribution in [0.1, 0.15) is 43.5 Å². The van der Waals surface area contributed by atoms with Gasteiger partial charge in [-0.3, -0.25) is 4.79 Å². The SMILES string of the molecule is CCC1(C)CCN(C(=O)c2ccc(S(N)(=O)=O)cc2)CC1. The lowest BCUT2D eigenvalue weighted by Crippen LogP contribution is -2.41. The Kier molecular flexibility index (Phi) is 4.39. The third kappa shape index (κ3) is 3.63. The molecular weight excluding hydrogens is 288 g/mol. The Morgan fingerprint density at radius 1 is 1.24 bits per heavy atom. The van der Waals surface area contributed by atoms with E-state index in [0.29, 0.717) is 11.0 Å². The topological polar surface area (TPSA) is 80.5 Å². The molecule has 2 rings (SSSR count). The highest BCUT2D eigenvalue weighted by molar-refractivity contribution is 7.89. The van der Waals surface area contributed by atoms with Crippen LogP contribution in [0.25, 0.3) is 0 Å². The van der Waals surface area contributed by atoms with Crippen molar-refractivity contribution < 1.29 is 13.2 Å². The van der Waals surface area contributed by atoms with E-state index >= 15 is 0 Å². The first-order chi connectivity index (χ1) is 9.75. The number of nitrogens with zero attached hydrogens (tertiary/aromatic N) is 1. The molecule has 1 aromatic rings. The number of piperidine rings is 1. The van der Waals surface area contributed by atoms with E-state index in [1.807, 2.05) is 4.90 Å². The van der Waals surface area contributed by atoms with E-state index in [1.165, 1.54) is 24.3 Å². The summed E-state index contributed by atoms with van der Waals surface area (Å²) in [5, 5.41) is 5.05. The second kappa shape index (κ2) is 5.77. The van der Waals surface area contributed by atoms with E-state index in [1.54, 1.807) is 0 Å². The average Bonchev–Trinajstić information content (AvgIpc) is 2.47. The van der Waals surface area contributed by atoms with Crippen molar-refractivity contribution in [2.24, 2.45) is 10.6 Å². The molecule has 21 heavy (non-hydrogen) atoms. The van der Waals surface area contributed by atoms with Crippen molar-refractivity contribution in [2.45, 2.75) is 38.0 Å². The van der Waals surface area contributed by atoms with Crippen LogP contribution in [-0.4, -0.2) is 32.3 Å². The maximum atomic E-state index is 12.4. The number of carbonyl (C=O) groups excluding carboxylic acids is 1. The lowest BCUT2D eigenvalue weighted by atomic mass is 9.78. The van der Waals surface area contributed by atoms with Gasteiger partial charge >= 0.3 is 0 Å². The molecule has 1 aliphatic heterocycles. The van der Waals surface area contributed by atoms with E-state index in [4.69, 9.17) is 5.14 Å². The van der Waals surface area contributed by atoms with Crippen LogP contribution in [0, 0.1) is 5.41 Å². The maximum absolute atomic E-state index is 12.4. The number of benzene rings is 1. The second-order valence-electron chi connectivity index (χ2n) is 6.03. The molecule has 116 valence electrons. The summed E-state index contributed by atoms with van der Waals surface area (Å²) in [6.07, 6.45) is 3.13. The summed E-state index contributed by atoms with van der Waals surface area (Å²) >= 11 is 0. The van der Waals surface area contributed by atoms with Crippen molar-refractivity contribution in [3.63, 3.8) is 0 Å². The molecule has 0 atom stereocenters. The number of hydrogen-bond donors (Lipinski definition) is 1. The van der Waals surface area contributed by atoms with E-state index in [2.05, 4.69) is 13.8 Å². The second-order valence-corrected chi connectivity index (χ2v) is 7.59. The molecule has 5 nitrogen and oxygen atoms in total. The number of sulfonamides is 1. The van der Waals surface area contributed by atoms with Crippen LogP contribution in [0.5, 0.6) is 0 Å². The quantitative estimate of drug-likeness (QED) is 0.927. The van der Waals surface area contributed by atoms with Gasteiger partial charge in [-0.1, -0.05) is 20.3 Å². The van der Waals surface area contributed by atoms with Gasteiger partial charge in [0.15, 0.2) is 0 Å². The highest BCUT2D eigenvalue weighted by Crippen LogP contribution is 2.34. The third-order valence-electron chi connectivity index (χ3n) is 4.54. The Morgan fingerprint density at radius 3 is 2.19 bits per heavy atom. The Labute approximate surface area is 126 Å². The molecule has 0 aliphatic carbocycles. The van der Waals surface area contributed by atoms with Crippen LogP contribution in [0.15, 0.2) is 29.2 Å². The molecule has 1 fully saturated rings. The number of carbonyl (C=O) groups is 1. The normalized spacial score (nSPS) is 18.5. The van der Waals surface area contributed by atoms with Crippen LogP contribution < -0.4 is 5.14 Å². The number of rotatable bonds is 3. The van der Waals surface area contributed by atoms with Gasteiger partial charge in [0, 0.05) is 18.7 Å². The molecule has 0 radical (unpaired) electrons. The van der Waals surface area contributed by atoms with Gasteiger partial charge in [-0.25, -0.2) is 13.6 Å². The molecule has 6 heteroatoms. The van der Waals surface area contributed by atoms with Crippen molar-refractivity contribution in [1.82, 2.24) is 4.90 Å². The van der Waals surface area contributed by atoms with E-state index in [-0.39, 0.29) is 10.8 Å². The Bertz CT molecular complexity index is 615. The van der Waals surface area contributed by atoms with Gasteiger partial charge in [-0.15, -0.1) is 0 Å². The Hall–Kier alpha value is -1.40. The first-order valence-corrected chi connectivity index (χ1v) is 8.72. The lowest BCUT2D eigenvalue weighted by Gasteiger charge is -2.39. The largest absolute Gasteiger partial charge is 0.339 e. The molecule has 0 bridgehead atoms. The number of primary sulfonamides is 1. The maximum Gasteiger partial charge on any atom is 0.253 e. The number of hydrogen-bond acceptors (Lipinski definition) is 3. The number of likely N-dealkylation sites (tertiary alicyclic amines) is 1. The fraction of sp³-hybridized carbons (Fsp3) is 0.533. The highest BCUT2D eigenvalue weighted by Gasteiger charge is 2.30. The molecule has 1 saturated heterocycles. The number of amides is 1. The molecule has 1 amide bonds. The molecule has 0 spiro atoms. The summed E-state index contributed by atoms with van der Waals surface area (Å²) in [5.41, 5.74) is 0.830. The van der Waals surface area contributed by atoms with Crippen molar-refractivity contribution in [3.05, 3.63) is 29.8 Å². The van der Waals surface area contributed by atoms with Crippen LogP contribution in [-0.2, 0) is 10.0 Å². The zero-order chi connectivity index (χ0) is 15.7. The summed E-state index contributed by atoms with van der Waals surface area (Å²) in [5.74, 6) is -0.0471. The molecule has 2 N–H and O–H groups in total. The lowest BCUT2D eigenvalue weighted by molar-refractivity contribution is 0.0600. The van der Waals surface area contributed by atoms with Crippen molar-refractivity contribution in [1.29, 1.82) is 0 Å². The minimum atomic E-state index is -3.71. The number of nitrogens with two attached hydrogens (primary N) is 1. The summed E-state index contributed by atoms with van der Waals surface area (Å²) in [4.78, 5) is 14.3. The van der Waals surface area contributed by atoms with E-state index in [9.17, 15) is 13.2 Å². The molecule has 0 saturated carbocycles. The first kappa shape index (κ1) is 16.0. The Balaban J connectivity index is 2.08. The molecule has 1 heterocycles. The molecule has 0 aromatic heterocycles. The highest BCUT2D eigenvalue weighted by atomic mass is 32.2. The van der Waals surface area contributed by atoms with Gasteiger partial charge < -0.3 is 4.90 Å². The standard InChI is InChI=1S/C15H22N2O3S/c1-3-15(2)8-10-17(11-9-15)14(18)12-4-6-13(7-5-12)21(16,19)20/h4-7H,3,8-11H2,1-2H3,(H2,16,19,20). The van der Waals surface area contributed by atoms with Crippen molar-refractivity contribution in [2.75, 3.05) is 13.1 Å². The monoisotopic (exact) mass is 310 g/mol. The van der Waals surface area contributed by atoms with Crippen LogP contribution in [0.3, 0.4) is 0 Å². The van der Waals surface area contributed by atoms with Crippen LogP contribution in [0.2, 0.25) is 0 Å². The van der Waals surface area contributed by atoms with E-state index in [0.717, 1.165) is 32.4 Å². The van der Waals surface area contributed by atoms with Crippen molar-refractivity contribution >= 4 is 15.9 Å². The summed E-state index contributed by atoms with van der Waals surface area (Å²) < 4.78 is 22.4. The van der Waals surface area contributed by atoms with E-state index < -0.39 is 10.0 Å². The first-order valence-electron chi connectivity index (χ1n) is 7.17. The fourth-order valence-electron chi connectivity index (χ4n) is 2.57. The van der Waals surface area contributed by atoms with Gasteiger partial charge in [0.2, 0.25) is 10.0 Å². The van der Waals surface area contributed by atoms with Gasteiger partial charge in [0.25, 0.3) is 5.91 Å². The molecular formula is C15H22N2O3S. The Morgan fingerprint density at radius 2 is 1.76 bits per heavy atom. The average molecular weight is 310 g/mol. The molecule has 1 aromatic carbocycles.